The van der Waals surface area contributed by atoms with Crippen molar-refractivity contribution in [3.05, 3.63) is 63.6 Å². The van der Waals surface area contributed by atoms with E-state index < -0.39 is 0 Å². The number of amides is 3. The molecule has 0 bridgehead atoms. The summed E-state index contributed by atoms with van der Waals surface area (Å²) in [6.07, 6.45) is 0. The molecule has 28 heavy (non-hydrogen) atoms. The fourth-order valence-corrected chi connectivity index (χ4v) is 2.71. The molecule has 0 saturated carbocycles. The molecule has 0 fully saturated rings. The van der Waals surface area contributed by atoms with Crippen molar-refractivity contribution in [2.45, 2.75) is 13.8 Å². The van der Waals surface area contributed by atoms with Gasteiger partial charge in [0.15, 0.2) is 0 Å². The van der Waals surface area contributed by atoms with Crippen LogP contribution in [0.25, 0.3) is 0 Å². The second-order valence-electron chi connectivity index (χ2n) is 6.36. The molecule has 0 atom stereocenters. The molecule has 6 nitrogen and oxygen atoms in total. The summed E-state index contributed by atoms with van der Waals surface area (Å²) in [6, 6.07) is 11.2. The molecule has 148 valence electrons. The van der Waals surface area contributed by atoms with E-state index in [4.69, 9.17) is 23.2 Å². The van der Waals surface area contributed by atoms with Gasteiger partial charge in [-0.3, -0.25) is 14.4 Å². The molecule has 0 aliphatic heterocycles. The topological polar surface area (TPSA) is 87.3 Å². The highest BCUT2D eigenvalue weighted by molar-refractivity contribution is 6.36. The quantitative estimate of drug-likeness (QED) is 0.594. The van der Waals surface area contributed by atoms with Crippen molar-refractivity contribution in [3.63, 3.8) is 0 Å². The molecule has 2 aromatic rings. The number of benzene rings is 2. The van der Waals surface area contributed by atoms with E-state index in [9.17, 15) is 14.4 Å². The van der Waals surface area contributed by atoms with Crippen molar-refractivity contribution in [2.75, 3.05) is 18.4 Å². The third kappa shape index (κ3) is 6.25. The van der Waals surface area contributed by atoms with Gasteiger partial charge >= 0.3 is 0 Å². The van der Waals surface area contributed by atoms with E-state index in [2.05, 4.69) is 16.0 Å². The summed E-state index contributed by atoms with van der Waals surface area (Å²) in [7, 11) is 0. The summed E-state index contributed by atoms with van der Waals surface area (Å²) in [5.74, 6) is -0.837. The van der Waals surface area contributed by atoms with E-state index in [1.165, 1.54) is 12.1 Å². The van der Waals surface area contributed by atoms with Gasteiger partial charge in [-0.2, -0.15) is 0 Å². The number of carbonyl (C=O) groups excluding carboxylic acids is 3. The van der Waals surface area contributed by atoms with Crippen LogP contribution in [0.15, 0.2) is 42.5 Å². The number of hydrogen-bond donors (Lipinski definition) is 3. The van der Waals surface area contributed by atoms with Gasteiger partial charge in [0.25, 0.3) is 11.8 Å². The minimum absolute atomic E-state index is 0.0891. The first-order valence-electron chi connectivity index (χ1n) is 8.70. The van der Waals surface area contributed by atoms with Crippen LogP contribution < -0.4 is 16.0 Å². The first-order chi connectivity index (χ1) is 13.3. The van der Waals surface area contributed by atoms with Crippen LogP contribution in [0.4, 0.5) is 5.69 Å². The van der Waals surface area contributed by atoms with E-state index in [0.717, 1.165) is 0 Å². The fourth-order valence-electron chi connectivity index (χ4n) is 2.21. The highest BCUT2D eigenvalue weighted by Crippen LogP contribution is 2.20. The molecule has 0 heterocycles. The third-order valence-corrected chi connectivity index (χ3v) is 4.36. The Morgan fingerprint density at radius 1 is 0.893 bits per heavy atom. The van der Waals surface area contributed by atoms with Crippen LogP contribution in [-0.2, 0) is 4.79 Å². The summed E-state index contributed by atoms with van der Waals surface area (Å²) in [4.78, 5) is 35.9. The van der Waals surface area contributed by atoms with Crippen molar-refractivity contribution in [3.8, 4) is 0 Å². The number of hydrogen-bond acceptors (Lipinski definition) is 3. The lowest BCUT2D eigenvalue weighted by Crippen LogP contribution is -2.34. The minimum atomic E-state index is -0.346. The summed E-state index contributed by atoms with van der Waals surface area (Å²) in [6.45, 7) is 4.10. The van der Waals surface area contributed by atoms with Crippen molar-refractivity contribution >= 4 is 46.6 Å². The zero-order valence-electron chi connectivity index (χ0n) is 15.5. The maximum absolute atomic E-state index is 12.1. The first-order valence-corrected chi connectivity index (χ1v) is 9.46. The summed E-state index contributed by atoms with van der Waals surface area (Å²) in [5.41, 5.74) is 1.40. The highest BCUT2D eigenvalue weighted by atomic mass is 35.5. The summed E-state index contributed by atoms with van der Waals surface area (Å²) in [5, 5.41) is 8.86. The van der Waals surface area contributed by atoms with Crippen LogP contribution in [-0.4, -0.2) is 30.8 Å². The molecule has 3 amide bonds. The highest BCUT2D eigenvalue weighted by Gasteiger charge is 2.11. The van der Waals surface area contributed by atoms with Crippen LogP contribution in [0.5, 0.6) is 0 Å². The molecule has 0 spiro atoms. The van der Waals surface area contributed by atoms with E-state index in [1.807, 2.05) is 0 Å². The molecule has 2 aromatic carbocycles. The average molecular weight is 422 g/mol. The van der Waals surface area contributed by atoms with E-state index >= 15 is 0 Å². The van der Waals surface area contributed by atoms with Crippen LogP contribution in [0.1, 0.15) is 34.6 Å². The molecular weight excluding hydrogens is 401 g/mol. The fraction of sp³-hybridized carbons (Fsp3) is 0.250. The lowest BCUT2D eigenvalue weighted by molar-refractivity contribution is -0.118. The van der Waals surface area contributed by atoms with Gasteiger partial charge in [0, 0.05) is 35.3 Å². The number of halogens is 2. The van der Waals surface area contributed by atoms with E-state index in [-0.39, 0.29) is 41.8 Å². The summed E-state index contributed by atoms with van der Waals surface area (Å²) < 4.78 is 0. The maximum Gasteiger partial charge on any atom is 0.252 e. The van der Waals surface area contributed by atoms with Crippen LogP contribution in [0.2, 0.25) is 10.0 Å². The van der Waals surface area contributed by atoms with Crippen molar-refractivity contribution < 1.29 is 14.4 Å². The molecule has 0 aliphatic rings. The number of nitrogens with one attached hydrogen (secondary N) is 3. The Labute approximate surface area is 173 Å². The predicted molar refractivity (Wildman–Crippen MR) is 111 cm³/mol. The normalized spacial score (nSPS) is 10.5. The zero-order valence-corrected chi connectivity index (χ0v) is 17.0. The number of rotatable bonds is 7. The Morgan fingerprint density at radius 2 is 1.50 bits per heavy atom. The Hall–Kier alpha value is -2.57. The lowest BCUT2D eigenvalue weighted by atomic mass is 10.1. The van der Waals surface area contributed by atoms with Crippen LogP contribution in [0, 0.1) is 5.92 Å². The maximum atomic E-state index is 12.1. The van der Waals surface area contributed by atoms with Crippen LogP contribution >= 0.6 is 23.2 Å². The third-order valence-electron chi connectivity index (χ3n) is 3.81. The van der Waals surface area contributed by atoms with E-state index in [0.29, 0.717) is 21.8 Å². The van der Waals surface area contributed by atoms with Crippen molar-refractivity contribution in [1.29, 1.82) is 0 Å². The second kappa shape index (κ2) is 10.1. The second-order valence-corrected chi connectivity index (χ2v) is 7.20. The Bertz CT molecular complexity index is 867. The number of carbonyl (C=O) groups is 3. The van der Waals surface area contributed by atoms with Gasteiger partial charge < -0.3 is 16.0 Å². The zero-order chi connectivity index (χ0) is 20.7. The molecule has 0 unspecified atom stereocenters. The van der Waals surface area contributed by atoms with Gasteiger partial charge in [-0.25, -0.2) is 0 Å². The lowest BCUT2D eigenvalue weighted by Gasteiger charge is -2.10. The van der Waals surface area contributed by atoms with Gasteiger partial charge in [0.2, 0.25) is 5.91 Å². The Morgan fingerprint density at radius 3 is 2.07 bits per heavy atom. The predicted octanol–water partition coefficient (Wildman–Crippen LogP) is 3.75. The van der Waals surface area contributed by atoms with Gasteiger partial charge in [-0.05, 0) is 42.5 Å². The standard InChI is InChI=1S/C20H21Cl2N3O3/c1-12(2)18(26)25-15-6-3-13(4-7-15)19(27)23-9-10-24-20(28)16-8-5-14(21)11-17(16)22/h3-8,11-12H,9-10H2,1-2H3,(H,23,27)(H,24,28)(H,25,26). The number of anilines is 1. The Balaban J connectivity index is 1.79. The smallest absolute Gasteiger partial charge is 0.252 e. The minimum Gasteiger partial charge on any atom is -0.350 e. The van der Waals surface area contributed by atoms with Gasteiger partial charge in [0.1, 0.15) is 0 Å². The average Bonchev–Trinajstić information content (AvgIpc) is 2.65. The van der Waals surface area contributed by atoms with Gasteiger partial charge in [0.05, 0.1) is 10.6 Å². The van der Waals surface area contributed by atoms with Crippen molar-refractivity contribution in [1.82, 2.24) is 10.6 Å². The molecule has 0 aliphatic carbocycles. The molecule has 2 rings (SSSR count). The Kier molecular flexibility index (Phi) is 7.84. The monoisotopic (exact) mass is 421 g/mol. The molecule has 0 aromatic heterocycles. The molecule has 0 radical (unpaired) electrons. The molecule has 3 N–H and O–H groups in total. The van der Waals surface area contributed by atoms with Gasteiger partial charge in [-0.15, -0.1) is 0 Å². The molecule has 8 heteroatoms. The molecular formula is C20H21Cl2N3O3. The molecule has 0 saturated heterocycles. The summed E-state index contributed by atoms with van der Waals surface area (Å²) >= 11 is 11.8. The van der Waals surface area contributed by atoms with Crippen molar-refractivity contribution in [2.24, 2.45) is 5.92 Å². The largest absolute Gasteiger partial charge is 0.350 e. The van der Waals surface area contributed by atoms with Gasteiger partial charge in [-0.1, -0.05) is 37.0 Å². The van der Waals surface area contributed by atoms with Crippen LogP contribution in [0.3, 0.4) is 0 Å². The van der Waals surface area contributed by atoms with E-state index in [1.54, 1.807) is 44.2 Å². The first kappa shape index (κ1) is 21.7. The SMILES string of the molecule is CC(C)C(=O)Nc1ccc(C(=O)NCCNC(=O)c2ccc(Cl)cc2Cl)cc1.